The van der Waals surface area contributed by atoms with E-state index in [-0.39, 0.29) is 0 Å². The second-order valence-electron chi connectivity index (χ2n) is 1.98. The van der Waals surface area contributed by atoms with Gasteiger partial charge in [0, 0.05) is 0 Å². The summed E-state index contributed by atoms with van der Waals surface area (Å²) in [5.41, 5.74) is 6.49. The minimum absolute atomic E-state index is 0.991. The molecule has 70 valence electrons. The Morgan fingerprint density at radius 1 is 1.25 bits per heavy atom. The Balaban J connectivity index is 0. The molecule has 1 heteroatoms. The highest BCUT2D eigenvalue weighted by Gasteiger charge is 1.81. The lowest BCUT2D eigenvalue weighted by Gasteiger charge is -1.90. The van der Waals surface area contributed by atoms with E-state index in [4.69, 9.17) is 5.73 Å². The molecule has 0 aromatic carbocycles. The monoisotopic (exact) mass is 167 g/mol. The first kappa shape index (κ1) is 13.6. The van der Waals surface area contributed by atoms with Gasteiger partial charge in [-0.25, -0.2) is 0 Å². The van der Waals surface area contributed by atoms with Crippen LogP contribution in [-0.4, -0.2) is 0 Å². The number of rotatable bonds is 3. The zero-order valence-electron chi connectivity index (χ0n) is 8.67. The summed E-state index contributed by atoms with van der Waals surface area (Å²) in [6.07, 6.45) is 10.6. The molecule has 0 fully saturated rings. The molecule has 0 spiro atoms. The molecule has 2 N–H and O–H groups in total. The maximum Gasteiger partial charge on any atom is -0.00298 e. The van der Waals surface area contributed by atoms with Gasteiger partial charge in [-0.1, -0.05) is 45.1 Å². The van der Waals surface area contributed by atoms with Gasteiger partial charge in [-0.05, 0) is 25.1 Å². The Bertz CT molecular complexity index is 152. The van der Waals surface area contributed by atoms with Gasteiger partial charge in [-0.15, -0.1) is 0 Å². The first-order valence-corrected chi connectivity index (χ1v) is 4.55. The normalized spacial score (nSPS) is 11.8. The van der Waals surface area contributed by atoms with Crippen molar-refractivity contribution in [1.82, 2.24) is 0 Å². The fraction of sp³-hybridized carbons (Fsp3) is 0.455. The molecule has 0 aliphatic carbocycles. The van der Waals surface area contributed by atoms with Gasteiger partial charge in [0.05, 0.1) is 0 Å². The van der Waals surface area contributed by atoms with Crippen LogP contribution in [0.3, 0.4) is 0 Å². The van der Waals surface area contributed by atoms with Crippen LogP contribution in [0.15, 0.2) is 36.1 Å². The Morgan fingerprint density at radius 3 is 2.17 bits per heavy atom. The average molecular weight is 167 g/mol. The standard InChI is InChI=1S/C9H15N.C2H6/c1-3-5-6-7-9(4-2)8-10;1-2/h3,5-8H,4,10H2,1-2H3;1-2H3/b5-3-,7-6-,9-8-;. The molecular weight excluding hydrogens is 146 g/mol. The van der Waals surface area contributed by atoms with Crippen molar-refractivity contribution in [3.63, 3.8) is 0 Å². The lowest BCUT2D eigenvalue weighted by molar-refractivity contribution is 1.14. The van der Waals surface area contributed by atoms with Crippen LogP contribution in [0.5, 0.6) is 0 Å². The van der Waals surface area contributed by atoms with Crippen LogP contribution in [0.2, 0.25) is 0 Å². The molecule has 0 aliphatic rings. The first-order valence-electron chi connectivity index (χ1n) is 4.55. The van der Waals surface area contributed by atoms with Crippen LogP contribution in [0.4, 0.5) is 0 Å². The lowest BCUT2D eigenvalue weighted by Crippen LogP contribution is -1.82. The summed E-state index contributed by atoms with van der Waals surface area (Å²) in [7, 11) is 0. The van der Waals surface area contributed by atoms with Gasteiger partial charge in [-0.2, -0.15) is 0 Å². The minimum Gasteiger partial charge on any atom is -0.404 e. The highest BCUT2D eigenvalue weighted by molar-refractivity contribution is 5.20. The number of hydrogen-bond acceptors (Lipinski definition) is 1. The van der Waals surface area contributed by atoms with E-state index in [9.17, 15) is 0 Å². The van der Waals surface area contributed by atoms with Gasteiger partial charge in [0.1, 0.15) is 0 Å². The van der Waals surface area contributed by atoms with Gasteiger partial charge in [-0.3, -0.25) is 0 Å². The maximum absolute atomic E-state index is 5.33. The molecule has 0 aromatic heterocycles. The van der Waals surface area contributed by atoms with Crippen LogP contribution >= 0.6 is 0 Å². The van der Waals surface area contributed by atoms with Crippen LogP contribution in [0, 0.1) is 0 Å². The molecule has 1 nitrogen and oxygen atoms in total. The second-order valence-corrected chi connectivity index (χ2v) is 1.98. The summed E-state index contributed by atoms with van der Waals surface area (Å²) < 4.78 is 0. The van der Waals surface area contributed by atoms with Crippen molar-refractivity contribution in [1.29, 1.82) is 0 Å². The molecule has 0 saturated heterocycles. The van der Waals surface area contributed by atoms with Gasteiger partial charge < -0.3 is 5.73 Å². The van der Waals surface area contributed by atoms with Crippen LogP contribution in [0.1, 0.15) is 34.1 Å². The third kappa shape index (κ3) is 9.02. The van der Waals surface area contributed by atoms with Crippen LogP contribution in [-0.2, 0) is 0 Å². The molecular formula is C11H21N. The first-order chi connectivity index (χ1) is 5.85. The summed E-state index contributed by atoms with van der Waals surface area (Å²) in [5, 5.41) is 0. The van der Waals surface area contributed by atoms with E-state index in [1.54, 1.807) is 6.20 Å². The number of hydrogen-bond donors (Lipinski definition) is 1. The molecule has 0 unspecified atom stereocenters. The van der Waals surface area contributed by atoms with Crippen molar-refractivity contribution in [2.45, 2.75) is 34.1 Å². The Labute approximate surface area is 76.7 Å². The quantitative estimate of drug-likeness (QED) is 0.640. The maximum atomic E-state index is 5.33. The van der Waals surface area contributed by atoms with Crippen molar-refractivity contribution in [2.24, 2.45) is 5.73 Å². The molecule has 0 aromatic rings. The fourth-order valence-electron chi connectivity index (χ4n) is 0.582. The zero-order valence-corrected chi connectivity index (χ0v) is 8.67. The molecule has 0 rings (SSSR count). The van der Waals surface area contributed by atoms with Crippen LogP contribution < -0.4 is 5.73 Å². The van der Waals surface area contributed by atoms with Crippen molar-refractivity contribution in [3.8, 4) is 0 Å². The van der Waals surface area contributed by atoms with Crippen molar-refractivity contribution in [3.05, 3.63) is 36.1 Å². The Kier molecular flexibility index (Phi) is 14.4. The third-order valence-corrected chi connectivity index (χ3v) is 1.24. The van der Waals surface area contributed by atoms with E-state index >= 15 is 0 Å². The van der Waals surface area contributed by atoms with Crippen molar-refractivity contribution in [2.75, 3.05) is 0 Å². The topological polar surface area (TPSA) is 26.0 Å². The lowest BCUT2D eigenvalue weighted by atomic mass is 10.2. The molecule has 0 amide bonds. The summed E-state index contributed by atoms with van der Waals surface area (Å²) >= 11 is 0. The zero-order chi connectivity index (χ0) is 9.82. The largest absolute Gasteiger partial charge is 0.404 e. The van der Waals surface area contributed by atoms with E-state index < -0.39 is 0 Å². The van der Waals surface area contributed by atoms with E-state index in [0.29, 0.717) is 0 Å². The fourth-order valence-corrected chi connectivity index (χ4v) is 0.582. The summed E-state index contributed by atoms with van der Waals surface area (Å²) in [5.74, 6) is 0. The predicted octanol–water partition coefficient (Wildman–Crippen LogP) is 3.40. The molecule has 0 saturated carbocycles. The highest BCUT2D eigenvalue weighted by atomic mass is 14.5. The average Bonchev–Trinajstić information content (AvgIpc) is 2.16. The highest BCUT2D eigenvalue weighted by Crippen LogP contribution is 1.99. The van der Waals surface area contributed by atoms with Gasteiger partial charge >= 0.3 is 0 Å². The predicted molar refractivity (Wildman–Crippen MR) is 57.9 cm³/mol. The molecule has 0 radical (unpaired) electrons. The summed E-state index contributed by atoms with van der Waals surface area (Å²) in [6, 6.07) is 0. The van der Waals surface area contributed by atoms with Crippen LogP contribution in [0.25, 0.3) is 0 Å². The summed E-state index contributed by atoms with van der Waals surface area (Å²) in [4.78, 5) is 0. The van der Waals surface area contributed by atoms with Crippen molar-refractivity contribution >= 4 is 0 Å². The molecule has 12 heavy (non-hydrogen) atoms. The second kappa shape index (κ2) is 12.7. The van der Waals surface area contributed by atoms with Gasteiger partial charge in [0.2, 0.25) is 0 Å². The van der Waals surface area contributed by atoms with Crippen molar-refractivity contribution < 1.29 is 0 Å². The Morgan fingerprint density at radius 2 is 1.83 bits per heavy atom. The van der Waals surface area contributed by atoms with E-state index in [1.165, 1.54) is 0 Å². The van der Waals surface area contributed by atoms with Gasteiger partial charge in [0.25, 0.3) is 0 Å². The summed E-state index contributed by atoms with van der Waals surface area (Å²) in [6.45, 7) is 8.07. The number of nitrogens with two attached hydrogens (primary N) is 1. The van der Waals surface area contributed by atoms with E-state index in [2.05, 4.69) is 6.92 Å². The molecule has 0 atom stereocenters. The van der Waals surface area contributed by atoms with Gasteiger partial charge in [0.15, 0.2) is 0 Å². The molecule has 0 heterocycles. The van der Waals surface area contributed by atoms with E-state index in [1.807, 2.05) is 45.1 Å². The smallest absolute Gasteiger partial charge is 0.00298 e. The molecule has 0 bridgehead atoms. The van der Waals surface area contributed by atoms with E-state index in [0.717, 1.165) is 12.0 Å². The SMILES string of the molecule is CC.C\C=C/C=C\C(=C/N)CC. The number of allylic oxidation sites excluding steroid dienone is 5. The minimum atomic E-state index is 0.991. The Hall–Kier alpha value is -0.980. The third-order valence-electron chi connectivity index (χ3n) is 1.24. The molecule has 0 aliphatic heterocycles.